The van der Waals surface area contributed by atoms with Gasteiger partial charge >= 0.3 is 0 Å². The Labute approximate surface area is 221 Å². The van der Waals surface area contributed by atoms with Crippen LogP contribution in [0.15, 0.2) is 66.9 Å². The molecule has 0 fully saturated rings. The molecule has 10 heteroatoms. The van der Waals surface area contributed by atoms with Crippen molar-refractivity contribution >= 4 is 69.7 Å². The quantitative estimate of drug-likeness (QED) is 0.251. The van der Waals surface area contributed by atoms with Crippen molar-refractivity contribution < 1.29 is 9.53 Å². The van der Waals surface area contributed by atoms with Gasteiger partial charge in [0.2, 0.25) is 0 Å². The summed E-state index contributed by atoms with van der Waals surface area (Å²) in [5.74, 6) is 0.435. The first-order chi connectivity index (χ1) is 16.3. The van der Waals surface area contributed by atoms with Gasteiger partial charge in [-0.2, -0.15) is 5.10 Å². The molecule has 1 amide bonds. The fourth-order valence-corrected chi connectivity index (χ4v) is 4.55. The number of rotatable bonds is 7. The number of nitrogens with one attached hydrogen (secondary N) is 1. The summed E-state index contributed by atoms with van der Waals surface area (Å²) in [5.41, 5.74) is 2.07. The number of anilines is 1. The molecule has 0 saturated carbocycles. The number of benzene rings is 3. The molecule has 0 bridgehead atoms. The Balaban J connectivity index is 1.40. The van der Waals surface area contributed by atoms with Crippen molar-refractivity contribution in [3.05, 3.63) is 109 Å². The second-order valence-corrected chi connectivity index (χ2v) is 9.37. The molecule has 3 aromatic carbocycles. The zero-order chi connectivity index (χ0) is 24.2. The molecule has 0 saturated heterocycles. The van der Waals surface area contributed by atoms with Crippen molar-refractivity contribution in [2.45, 2.75) is 13.2 Å². The lowest BCUT2D eigenvalue weighted by Gasteiger charge is -2.11. The fraction of sp³-hybridized carbons (Fsp3) is 0.0833. The molecule has 174 valence electrons. The average molecular weight is 556 g/mol. The van der Waals surface area contributed by atoms with E-state index in [9.17, 15) is 4.79 Å². The van der Waals surface area contributed by atoms with E-state index in [2.05, 4.69) is 10.4 Å². The van der Waals surface area contributed by atoms with Gasteiger partial charge in [0.05, 0.1) is 16.6 Å². The van der Waals surface area contributed by atoms with E-state index in [1.165, 1.54) is 0 Å². The molecular formula is C24H16Cl5N3O2. The van der Waals surface area contributed by atoms with Gasteiger partial charge in [0.1, 0.15) is 6.61 Å². The van der Waals surface area contributed by atoms with Gasteiger partial charge in [0.15, 0.2) is 11.6 Å². The highest BCUT2D eigenvalue weighted by atomic mass is 35.5. The summed E-state index contributed by atoms with van der Waals surface area (Å²) < 4.78 is 7.42. The largest absolute Gasteiger partial charge is 0.486 e. The number of ether oxygens (including phenoxy) is 1. The molecule has 1 aromatic heterocycles. The van der Waals surface area contributed by atoms with Gasteiger partial charge in [0.25, 0.3) is 5.91 Å². The molecule has 0 atom stereocenters. The Morgan fingerprint density at radius 1 is 0.882 bits per heavy atom. The van der Waals surface area contributed by atoms with Crippen LogP contribution in [0.2, 0.25) is 25.1 Å². The van der Waals surface area contributed by atoms with E-state index in [1.54, 1.807) is 59.4 Å². The first kappa shape index (κ1) is 24.7. The van der Waals surface area contributed by atoms with Gasteiger partial charge < -0.3 is 10.1 Å². The monoisotopic (exact) mass is 553 g/mol. The fourth-order valence-electron chi connectivity index (χ4n) is 3.15. The third-order valence-corrected chi connectivity index (χ3v) is 6.13. The summed E-state index contributed by atoms with van der Waals surface area (Å²) in [7, 11) is 0. The van der Waals surface area contributed by atoms with Crippen LogP contribution >= 0.6 is 58.0 Å². The highest BCUT2D eigenvalue weighted by Gasteiger charge is 2.12. The summed E-state index contributed by atoms with van der Waals surface area (Å²) in [6, 6.07) is 17.1. The van der Waals surface area contributed by atoms with Gasteiger partial charge in [-0.25, -0.2) is 0 Å². The molecule has 0 spiro atoms. The zero-order valence-electron chi connectivity index (χ0n) is 17.4. The van der Waals surface area contributed by atoms with E-state index < -0.39 is 0 Å². The van der Waals surface area contributed by atoms with Crippen LogP contribution in [-0.4, -0.2) is 15.7 Å². The molecule has 4 aromatic rings. The number of halogens is 5. The maximum atomic E-state index is 12.8. The molecule has 0 aliphatic rings. The highest BCUT2D eigenvalue weighted by molar-refractivity contribution is 6.40. The highest BCUT2D eigenvalue weighted by Crippen LogP contribution is 2.36. The lowest BCUT2D eigenvalue weighted by Crippen LogP contribution is -2.13. The van der Waals surface area contributed by atoms with Crippen molar-refractivity contribution in [3.8, 4) is 5.75 Å². The Morgan fingerprint density at radius 3 is 2.35 bits per heavy atom. The topological polar surface area (TPSA) is 56.2 Å². The van der Waals surface area contributed by atoms with Gasteiger partial charge in [0, 0.05) is 32.9 Å². The number of carbonyl (C=O) groups is 1. The predicted molar refractivity (Wildman–Crippen MR) is 138 cm³/mol. The standard InChI is InChI=1S/C24H16Cl5N3O2/c25-17-5-4-16(19(27)9-17)12-32-7-6-22(31-32)30-24(33)15-3-1-2-14(8-15)13-34-23-20(28)10-18(26)11-21(23)29/h1-11H,12-13H2,(H,30,31,33). The Morgan fingerprint density at radius 2 is 1.62 bits per heavy atom. The summed E-state index contributed by atoms with van der Waals surface area (Å²) in [6.07, 6.45) is 1.75. The van der Waals surface area contributed by atoms with Crippen LogP contribution in [0.5, 0.6) is 5.75 Å². The van der Waals surface area contributed by atoms with Crippen LogP contribution in [0.3, 0.4) is 0 Å². The van der Waals surface area contributed by atoms with Crippen LogP contribution in [0, 0.1) is 0 Å². The van der Waals surface area contributed by atoms with Crippen molar-refractivity contribution in [3.63, 3.8) is 0 Å². The molecule has 4 rings (SSSR count). The maximum Gasteiger partial charge on any atom is 0.256 e. The number of nitrogens with zero attached hydrogens (tertiary/aromatic N) is 2. The Bertz CT molecular complexity index is 1330. The van der Waals surface area contributed by atoms with E-state index in [0.717, 1.165) is 11.1 Å². The van der Waals surface area contributed by atoms with Crippen molar-refractivity contribution in [1.29, 1.82) is 0 Å². The van der Waals surface area contributed by atoms with E-state index in [1.807, 2.05) is 12.1 Å². The summed E-state index contributed by atoms with van der Waals surface area (Å²) >= 11 is 30.4. The molecule has 0 unspecified atom stereocenters. The van der Waals surface area contributed by atoms with E-state index in [0.29, 0.717) is 48.8 Å². The lowest BCUT2D eigenvalue weighted by molar-refractivity contribution is 0.102. The molecule has 0 radical (unpaired) electrons. The molecule has 1 heterocycles. The molecule has 0 aliphatic heterocycles. The van der Waals surface area contributed by atoms with Crippen molar-refractivity contribution in [2.24, 2.45) is 0 Å². The minimum atomic E-state index is -0.306. The lowest BCUT2D eigenvalue weighted by atomic mass is 10.1. The second kappa shape index (κ2) is 10.9. The normalized spacial score (nSPS) is 10.9. The molecule has 0 aliphatic carbocycles. The number of hydrogen-bond donors (Lipinski definition) is 1. The molecule has 5 nitrogen and oxygen atoms in total. The third kappa shape index (κ3) is 6.17. The maximum absolute atomic E-state index is 12.8. The molecule has 1 N–H and O–H groups in total. The van der Waals surface area contributed by atoms with Gasteiger partial charge in [-0.15, -0.1) is 0 Å². The van der Waals surface area contributed by atoms with Crippen molar-refractivity contribution in [2.75, 3.05) is 5.32 Å². The molecular weight excluding hydrogens is 540 g/mol. The van der Waals surface area contributed by atoms with E-state index in [4.69, 9.17) is 62.7 Å². The Kier molecular flexibility index (Phi) is 7.91. The predicted octanol–water partition coefficient (Wildman–Crippen LogP) is 8.03. The van der Waals surface area contributed by atoms with Crippen molar-refractivity contribution in [1.82, 2.24) is 9.78 Å². The van der Waals surface area contributed by atoms with Gasteiger partial charge in [-0.1, -0.05) is 76.2 Å². The second-order valence-electron chi connectivity index (χ2n) is 7.28. The third-order valence-electron chi connectivity index (χ3n) is 4.77. The van der Waals surface area contributed by atoms with Crippen LogP contribution in [0.25, 0.3) is 0 Å². The number of amides is 1. The van der Waals surface area contributed by atoms with E-state index >= 15 is 0 Å². The number of aromatic nitrogens is 2. The van der Waals surface area contributed by atoms with Crippen LogP contribution in [-0.2, 0) is 13.2 Å². The van der Waals surface area contributed by atoms with E-state index in [-0.39, 0.29) is 12.5 Å². The van der Waals surface area contributed by atoms with Crippen LogP contribution < -0.4 is 10.1 Å². The zero-order valence-corrected chi connectivity index (χ0v) is 21.1. The van der Waals surface area contributed by atoms with Gasteiger partial charge in [-0.3, -0.25) is 9.48 Å². The smallest absolute Gasteiger partial charge is 0.256 e. The SMILES string of the molecule is O=C(Nc1ccn(Cc2ccc(Cl)cc2Cl)n1)c1cccc(COc2c(Cl)cc(Cl)cc2Cl)c1. The molecule has 34 heavy (non-hydrogen) atoms. The average Bonchev–Trinajstić information content (AvgIpc) is 3.22. The summed E-state index contributed by atoms with van der Waals surface area (Å²) in [5, 5.41) is 9.32. The number of carbonyl (C=O) groups excluding carboxylic acids is 1. The minimum absolute atomic E-state index is 0.165. The first-order valence-electron chi connectivity index (χ1n) is 9.93. The summed E-state index contributed by atoms with van der Waals surface area (Å²) in [4.78, 5) is 12.8. The minimum Gasteiger partial charge on any atom is -0.486 e. The summed E-state index contributed by atoms with van der Waals surface area (Å²) in [6.45, 7) is 0.604. The number of hydrogen-bond acceptors (Lipinski definition) is 3. The Hall–Kier alpha value is -2.41. The van der Waals surface area contributed by atoms with Gasteiger partial charge in [-0.05, 0) is 47.5 Å². The first-order valence-corrected chi connectivity index (χ1v) is 11.8. The van der Waals surface area contributed by atoms with Crippen LogP contribution in [0.4, 0.5) is 5.82 Å². The van der Waals surface area contributed by atoms with Crippen LogP contribution in [0.1, 0.15) is 21.5 Å².